The van der Waals surface area contributed by atoms with Crippen LogP contribution in [0.15, 0.2) is 6.20 Å². The van der Waals surface area contributed by atoms with Crippen LogP contribution in [0, 0.1) is 6.92 Å². The van der Waals surface area contributed by atoms with Crippen LogP contribution in [-0.2, 0) is 11.3 Å². The molecule has 0 aliphatic carbocycles. The van der Waals surface area contributed by atoms with E-state index >= 15 is 0 Å². The molecule has 1 rings (SSSR count). The molecule has 96 valence electrons. The van der Waals surface area contributed by atoms with Gasteiger partial charge in [0.05, 0.1) is 11.0 Å². The predicted octanol–water partition coefficient (Wildman–Crippen LogP) is 1.84. The maximum absolute atomic E-state index is 11.8. The third-order valence-electron chi connectivity index (χ3n) is 2.14. The summed E-state index contributed by atoms with van der Waals surface area (Å²) in [6, 6.07) is -0.198. The molecule has 0 radical (unpaired) electrons. The fourth-order valence-corrected chi connectivity index (χ4v) is 2.06. The Labute approximate surface area is 107 Å². The SMILES string of the molecule is Cc1ncc(CNC(C)C(=O)NC(C)(C)C)s1. The molecule has 0 aromatic carbocycles. The molecule has 4 nitrogen and oxygen atoms in total. The average Bonchev–Trinajstić information content (AvgIpc) is 2.58. The van der Waals surface area contributed by atoms with Crippen molar-refractivity contribution < 1.29 is 4.79 Å². The molecule has 1 aromatic heterocycles. The first kappa shape index (κ1) is 14.1. The first-order valence-corrected chi connectivity index (χ1v) is 6.56. The summed E-state index contributed by atoms with van der Waals surface area (Å²) in [5, 5.41) is 7.19. The summed E-state index contributed by atoms with van der Waals surface area (Å²) in [6.45, 7) is 10.5. The Kier molecular flexibility index (Phi) is 4.65. The summed E-state index contributed by atoms with van der Waals surface area (Å²) >= 11 is 1.65. The second-order valence-corrected chi connectivity index (χ2v) is 6.51. The van der Waals surface area contributed by atoms with E-state index < -0.39 is 0 Å². The number of aromatic nitrogens is 1. The van der Waals surface area contributed by atoms with E-state index in [9.17, 15) is 4.79 Å². The number of hydrogen-bond acceptors (Lipinski definition) is 4. The molecule has 1 heterocycles. The number of aryl methyl sites for hydroxylation is 1. The zero-order valence-electron chi connectivity index (χ0n) is 11.1. The molecular formula is C12H21N3OS. The molecule has 5 heteroatoms. The smallest absolute Gasteiger partial charge is 0.237 e. The minimum atomic E-state index is -0.198. The lowest BCUT2D eigenvalue weighted by Gasteiger charge is -2.23. The van der Waals surface area contributed by atoms with Gasteiger partial charge in [-0.05, 0) is 34.6 Å². The van der Waals surface area contributed by atoms with E-state index in [1.807, 2.05) is 40.8 Å². The van der Waals surface area contributed by atoms with Crippen LogP contribution in [0.4, 0.5) is 0 Å². The topological polar surface area (TPSA) is 54.0 Å². The normalized spacial score (nSPS) is 13.5. The summed E-state index contributed by atoms with van der Waals surface area (Å²) in [5.41, 5.74) is -0.186. The molecule has 0 aliphatic rings. The lowest BCUT2D eigenvalue weighted by atomic mass is 10.1. The Bertz CT molecular complexity index is 381. The van der Waals surface area contributed by atoms with Crippen LogP contribution in [0.2, 0.25) is 0 Å². The quantitative estimate of drug-likeness (QED) is 0.863. The molecule has 0 fully saturated rings. The van der Waals surface area contributed by atoms with Crippen molar-refractivity contribution in [3.8, 4) is 0 Å². The zero-order valence-corrected chi connectivity index (χ0v) is 11.9. The molecule has 1 unspecified atom stereocenters. The summed E-state index contributed by atoms with van der Waals surface area (Å²) in [6.07, 6.45) is 1.85. The van der Waals surface area contributed by atoms with Gasteiger partial charge in [0.2, 0.25) is 5.91 Å². The van der Waals surface area contributed by atoms with E-state index in [1.165, 1.54) is 0 Å². The van der Waals surface area contributed by atoms with E-state index in [0.29, 0.717) is 6.54 Å². The van der Waals surface area contributed by atoms with Gasteiger partial charge in [-0.3, -0.25) is 4.79 Å². The number of hydrogen-bond donors (Lipinski definition) is 2. The van der Waals surface area contributed by atoms with Crippen molar-refractivity contribution in [3.05, 3.63) is 16.1 Å². The highest BCUT2D eigenvalue weighted by Crippen LogP contribution is 2.11. The van der Waals surface area contributed by atoms with Gasteiger partial charge in [-0.2, -0.15) is 0 Å². The van der Waals surface area contributed by atoms with E-state index in [1.54, 1.807) is 11.3 Å². The van der Waals surface area contributed by atoms with Gasteiger partial charge in [-0.25, -0.2) is 4.98 Å². The van der Waals surface area contributed by atoms with Crippen molar-refractivity contribution in [2.45, 2.75) is 52.7 Å². The number of carbonyl (C=O) groups excluding carboxylic acids is 1. The average molecular weight is 255 g/mol. The monoisotopic (exact) mass is 255 g/mol. The van der Waals surface area contributed by atoms with E-state index in [2.05, 4.69) is 15.6 Å². The van der Waals surface area contributed by atoms with E-state index in [0.717, 1.165) is 9.88 Å². The fraction of sp³-hybridized carbons (Fsp3) is 0.667. The van der Waals surface area contributed by atoms with Gasteiger partial charge in [0.25, 0.3) is 0 Å². The Morgan fingerprint density at radius 1 is 1.53 bits per heavy atom. The number of nitrogens with zero attached hydrogens (tertiary/aromatic N) is 1. The molecule has 1 aromatic rings. The van der Waals surface area contributed by atoms with Crippen molar-refractivity contribution in [2.24, 2.45) is 0 Å². The number of amides is 1. The predicted molar refractivity (Wildman–Crippen MR) is 71.0 cm³/mol. The molecule has 17 heavy (non-hydrogen) atoms. The van der Waals surface area contributed by atoms with Crippen molar-refractivity contribution in [3.63, 3.8) is 0 Å². The summed E-state index contributed by atoms with van der Waals surface area (Å²) < 4.78 is 0. The van der Waals surface area contributed by atoms with Gasteiger partial charge >= 0.3 is 0 Å². The molecule has 0 spiro atoms. The van der Waals surface area contributed by atoms with Crippen LogP contribution in [0.5, 0.6) is 0 Å². The minimum Gasteiger partial charge on any atom is -0.350 e. The van der Waals surface area contributed by atoms with Gasteiger partial charge in [-0.1, -0.05) is 0 Å². The van der Waals surface area contributed by atoms with Gasteiger partial charge < -0.3 is 10.6 Å². The van der Waals surface area contributed by atoms with Crippen molar-refractivity contribution in [2.75, 3.05) is 0 Å². The van der Waals surface area contributed by atoms with Crippen LogP contribution in [0.3, 0.4) is 0 Å². The maximum atomic E-state index is 11.8. The second-order valence-electron chi connectivity index (χ2n) is 5.19. The molecule has 1 atom stereocenters. The summed E-state index contributed by atoms with van der Waals surface area (Å²) in [5.74, 6) is 0.0266. The van der Waals surface area contributed by atoms with Gasteiger partial charge in [0.1, 0.15) is 0 Å². The van der Waals surface area contributed by atoms with Crippen molar-refractivity contribution >= 4 is 17.2 Å². The maximum Gasteiger partial charge on any atom is 0.237 e. The standard InChI is InChI=1S/C12H21N3OS/c1-8(11(16)15-12(3,4)5)13-6-10-7-14-9(2)17-10/h7-8,13H,6H2,1-5H3,(H,15,16). The molecule has 0 bridgehead atoms. The van der Waals surface area contributed by atoms with Gasteiger partial charge in [-0.15, -0.1) is 11.3 Å². The molecule has 2 N–H and O–H groups in total. The van der Waals surface area contributed by atoms with E-state index in [-0.39, 0.29) is 17.5 Å². The molecular weight excluding hydrogens is 234 g/mol. The van der Waals surface area contributed by atoms with Crippen LogP contribution in [0.25, 0.3) is 0 Å². The molecule has 0 saturated carbocycles. The number of carbonyl (C=O) groups is 1. The first-order valence-electron chi connectivity index (χ1n) is 5.74. The second kappa shape index (κ2) is 5.60. The number of thiazole rings is 1. The highest BCUT2D eigenvalue weighted by molar-refractivity contribution is 7.11. The van der Waals surface area contributed by atoms with Crippen molar-refractivity contribution in [1.29, 1.82) is 0 Å². The van der Waals surface area contributed by atoms with Crippen molar-refractivity contribution in [1.82, 2.24) is 15.6 Å². The Hall–Kier alpha value is -0.940. The lowest BCUT2D eigenvalue weighted by Crippen LogP contribution is -2.49. The Balaban J connectivity index is 2.39. The molecule has 1 amide bonds. The van der Waals surface area contributed by atoms with Gasteiger partial charge in [0.15, 0.2) is 0 Å². The van der Waals surface area contributed by atoms with Crippen LogP contribution >= 0.6 is 11.3 Å². The summed E-state index contributed by atoms with van der Waals surface area (Å²) in [4.78, 5) is 17.1. The van der Waals surface area contributed by atoms with Gasteiger partial charge in [0, 0.05) is 23.2 Å². The third-order valence-corrected chi connectivity index (χ3v) is 3.06. The highest BCUT2D eigenvalue weighted by atomic mass is 32.1. The van der Waals surface area contributed by atoms with Crippen LogP contribution in [0.1, 0.15) is 37.6 Å². The van der Waals surface area contributed by atoms with Crippen LogP contribution < -0.4 is 10.6 Å². The summed E-state index contributed by atoms with van der Waals surface area (Å²) in [7, 11) is 0. The van der Waals surface area contributed by atoms with E-state index in [4.69, 9.17) is 0 Å². The lowest BCUT2D eigenvalue weighted by molar-refractivity contribution is -0.124. The molecule has 0 aliphatic heterocycles. The third kappa shape index (κ3) is 5.28. The zero-order chi connectivity index (χ0) is 13.1. The largest absolute Gasteiger partial charge is 0.350 e. The fourth-order valence-electron chi connectivity index (χ4n) is 1.31. The highest BCUT2D eigenvalue weighted by Gasteiger charge is 2.18. The number of nitrogens with one attached hydrogen (secondary N) is 2. The Morgan fingerprint density at radius 3 is 2.65 bits per heavy atom. The first-order chi connectivity index (χ1) is 7.78. The minimum absolute atomic E-state index is 0.0266. The van der Waals surface area contributed by atoms with Crippen LogP contribution in [-0.4, -0.2) is 22.5 Å². The number of rotatable bonds is 4. The Morgan fingerprint density at radius 2 is 2.18 bits per heavy atom. The molecule has 0 saturated heterocycles.